The van der Waals surface area contributed by atoms with Crippen molar-refractivity contribution in [1.29, 1.82) is 0 Å². The minimum atomic E-state index is -0.454. The Morgan fingerprint density at radius 1 is 1.06 bits per heavy atom. The fraction of sp³-hybridized carbons (Fsp3) is 0.300. The predicted octanol–water partition coefficient (Wildman–Crippen LogP) is 0.914. The summed E-state index contributed by atoms with van der Waals surface area (Å²) in [6.45, 7) is 1.99. The maximum Gasteiger partial charge on any atom is 0.332 e. The number of aromatic nitrogens is 7. The Kier molecular flexibility index (Phi) is 5.70. The van der Waals surface area contributed by atoms with Gasteiger partial charge in [0.1, 0.15) is 12.9 Å². The molecule has 0 saturated heterocycles. The molecule has 32 heavy (non-hydrogen) atoms. The third-order valence-corrected chi connectivity index (χ3v) is 6.21. The van der Waals surface area contributed by atoms with E-state index in [0.717, 1.165) is 34.0 Å². The second kappa shape index (κ2) is 8.46. The molecule has 0 radical (unpaired) electrons. The quantitative estimate of drug-likeness (QED) is 0.460. The summed E-state index contributed by atoms with van der Waals surface area (Å²) in [6.07, 6.45) is 2.16. The SMILES string of the molecule is CCc1ccccc1NC(=O)Cn1ncnc1Sc1nc2c(c(=O)n(C)c(=O)n2C)n1C. The lowest BCUT2D eigenvalue weighted by Crippen LogP contribution is -2.37. The lowest BCUT2D eigenvalue weighted by atomic mass is 10.1. The average Bonchev–Trinajstić information content (AvgIpc) is 3.35. The Balaban J connectivity index is 1.60. The molecule has 0 saturated carbocycles. The Hall–Kier alpha value is -3.67. The molecular formula is C20H22N8O3S. The van der Waals surface area contributed by atoms with Gasteiger partial charge < -0.3 is 9.88 Å². The van der Waals surface area contributed by atoms with Crippen molar-refractivity contribution in [3.05, 3.63) is 57.0 Å². The van der Waals surface area contributed by atoms with Crippen LogP contribution in [0.15, 0.2) is 50.5 Å². The third-order valence-electron chi connectivity index (χ3n) is 5.16. The smallest absolute Gasteiger partial charge is 0.324 e. The minimum absolute atomic E-state index is 0.0371. The van der Waals surface area contributed by atoms with Crippen LogP contribution in [0.3, 0.4) is 0 Å². The first-order valence-corrected chi connectivity index (χ1v) is 10.7. The first-order valence-electron chi connectivity index (χ1n) is 9.87. The summed E-state index contributed by atoms with van der Waals surface area (Å²) in [6, 6.07) is 7.63. The number of benzene rings is 1. The molecule has 3 heterocycles. The maximum atomic E-state index is 12.6. The number of nitrogens with zero attached hydrogens (tertiary/aromatic N) is 7. The number of anilines is 1. The molecule has 0 aliphatic rings. The molecule has 12 heteroatoms. The van der Waals surface area contributed by atoms with Crippen molar-refractivity contribution in [3.8, 4) is 0 Å². The highest BCUT2D eigenvalue weighted by Crippen LogP contribution is 2.26. The van der Waals surface area contributed by atoms with Crippen LogP contribution in [-0.4, -0.2) is 39.4 Å². The molecule has 1 amide bonds. The van der Waals surface area contributed by atoms with Gasteiger partial charge >= 0.3 is 5.69 Å². The van der Waals surface area contributed by atoms with Gasteiger partial charge in [0.25, 0.3) is 5.56 Å². The number of carbonyl (C=O) groups excluding carboxylic acids is 1. The largest absolute Gasteiger partial charge is 0.332 e. The molecule has 0 spiro atoms. The predicted molar refractivity (Wildman–Crippen MR) is 120 cm³/mol. The van der Waals surface area contributed by atoms with Crippen LogP contribution in [-0.2, 0) is 38.9 Å². The fourth-order valence-electron chi connectivity index (χ4n) is 3.39. The summed E-state index contributed by atoms with van der Waals surface area (Å²) < 4.78 is 5.44. The highest BCUT2D eigenvalue weighted by Gasteiger charge is 2.20. The zero-order valence-electron chi connectivity index (χ0n) is 18.1. The molecule has 166 valence electrons. The Morgan fingerprint density at radius 3 is 2.56 bits per heavy atom. The van der Waals surface area contributed by atoms with E-state index in [4.69, 9.17) is 0 Å². The summed E-state index contributed by atoms with van der Waals surface area (Å²) in [5.74, 6) is -0.237. The minimum Gasteiger partial charge on any atom is -0.324 e. The number of hydrogen-bond donors (Lipinski definition) is 1. The van der Waals surface area contributed by atoms with Gasteiger partial charge in [-0.15, -0.1) is 0 Å². The van der Waals surface area contributed by atoms with Crippen LogP contribution in [0.25, 0.3) is 11.2 Å². The molecule has 3 aromatic heterocycles. The van der Waals surface area contributed by atoms with E-state index in [1.807, 2.05) is 31.2 Å². The molecule has 4 rings (SSSR count). The number of amides is 1. The van der Waals surface area contributed by atoms with Crippen LogP contribution in [0.1, 0.15) is 12.5 Å². The number of para-hydroxylation sites is 1. The summed E-state index contributed by atoms with van der Waals surface area (Å²) in [5, 5.41) is 7.94. The molecule has 0 unspecified atom stereocenters. The Labute approximate surface area is 186 Å². The summed E-state index contributed by atoms with van der Waals surface area (Å²) in [7, 11) is 4.68. The van der Waals surface area contributed by atoms with Gasteiger partial charge in [-0.25, -0.2) is 19.4 Å². The first-order chi connectivity index (χ1) is 15.3. The van der Waals surface area contributed by atoms with Crippen LogP contribution < -0.4 is 16.6 Å². The number of aryl methyl sites for hydroxylation is 3. The number of hydrogen-bond acceptors (Lipinski definition) is 7. The van der Waals surface area contributed by atoms with Gasteiger partial charge in [0, 0.05) is 26.8 Å². The van der Waals surface area contributed by atoms with Crippen LogP contribution in [0.2, 0.25) is 0 Å². The van der Waals surface area contributed by atoms with Crippen LogP contribution >= 0.6 is 11.8 Å². The number of imidazole rings is 1. The van der Waals surface area contributed by atoms with Gasteiger partial charge in [0.15, 0.2) is 21.5 Å². The standard InChI is InChI=1S/C20H22N8O3S/c1-5-12-8-6-7-9-13(12)23-14(29)10-28-18(21-11-22-28)32-19-24-16-15(25(19)2)17(30)27(4)20(31)26(16)3/h6-9,11H,5,10H2,1-4H3,(H,23,29). The molecule has 0 atom stereocenters. The van der Waals surface area contributed by atoms with Gasteiger partial charge in [-0.1, -0.05) is 25.1 Å². The van der Waals surface area contributed by atoms with E-state index < -0.39 is 11.2 Å². The van der Waals surface area contributed by atoms with Gasteiger partial charge in [-0.3, -0.25) is 18.7 Å². The highest BCUT2D eigenvalue weighted by atomic mass is 32.2. The van der Waals surface area contributed by atoms with E-state index in [2.05, 4.69) is 20.4 Å². The number of nitrogens with one attached hydrogen (secondary N) is 1. The van der Waals surface area contributed by atoms with Gasteiger partial charge in [0.2, 0.25) is 5.91 Å². The number of rotatable bonds is 6. The van der Waals surface area contributed by atoms with Crippen LogP contribution in [0, 0.1) is 0 Å². The van der Waals surface area contributed by atoms with Crippen LogP contribution in [0.4, 0.5) is 5.69 Å². The van der Waals surface area contributed by atoms with Crippen molar-refractivity contribution in [3.63, 3.8) is 0 Å². The molecule has 0 aliphatic heterocycles. The molecule has 0 fully saturated rings. The zero-order valence-corrected chi connectivity index (χ0v) is 18.9. The van der Waals surface area contributed by atoms with Crippen molar-refractivity contribution in [1.82, 2.24) is 33.4 Å². The molecule has 4 aromatic rings. The zero-order chi connectivity index (χ0) is 23.0. The maximum absolute atomic E-state index is 12.6. The van der Waals surface area contributed by atoms with Gasteiger partial charge in [0.05, 0.1) is 0 Å². The monoisotopic (exact) mass is 454 g/mol. The molecule has 11 nitrogen and oxygen atoms in total. The van der Waals surface area contributed by atoms with E-state index in [1.54, 1.807) is 18.7 Å². The summed E-state index contributed by atoms with van der Waals surface area (Å²) >= 11 is 1.16. The lowest BCUT2D eigenvalue weighted by Gasteiger charge is -2.10. The molecular weight excluding hydrogens is 432 g/mol. The average molecular weight is 455 g/mol. The number of fused-ring (bicyclic) bond motifs is 1. The van der Waals surface area contributed by atoms with E-state index in [9.17, 15) is 14.4 Å². The Bertz CT molecular complexity index is 1450. The van der Waals surface area contributed by atoms with Crippen LogP contribution in [0.5, 0.6) is 0 Å². The van der Waals surface area contributed by atoms with E-state index >= 15 is 0 Å². The second-order valence-corrected chi connectivity index (χ2v) is 8.13. The van der Waals surface area contributed by atoms with Gasteiger partial charge in [-0.05, 0) is 29.8 Å². The summed E-state index contributed by atoms with van der Waals surface area (Å²) in [4.78, 5) is 46.1. The molecule has 1 aromatic carbocycles. The fourth-order valence-corrected chi connectivity index (χ4v) is 4.23. The normalized spacial score (nSPS) is 11.2. The second-order valence-electron chi connectivity index (χ2n) is 7.19. The first kappa shape index (κ1) is 21.6. The van der Waals surface area contributed by atoms with Crippen molar-refractivity contribution in [2.45, 2.75) is 30.2 Å². The highest BCUT2D eigenvalue weighted by molar-refractivity contribution is 7.99. The molecule has 0 aliphatic carbocycles. The Morgan fingerprint density at radius 2 is 1.81 bits per heavy atom. The van der Waals surface area contributed by atoms with E-state index in [-0.39, 0.29) is 18.1 Å². The van der Waals surface area contributed by atoms with Gasteiger partial charge in [-0.2, -0.15) is 5.10 Å². The lowest BCUT2D eigenvalue weighted by molar-refractivity contribution is -0.117. The number of carbonyl (C=O) groups is 1. The van der Waals surface area contributed by atoms with Crippen molar-refractivity contribution in [2.24, 2.45) is 21.1 Å². The molecule has 1 N–H and O–H groups in total. The topological polar surface area (TPSA) is 122 Å². The summed E-state index contributed by atoms with van der Waals surface area (Å²) in [5.41, 5.74) is 1.51. The van der Waals surface area contributed by atoms with Crippen molar-refractivity contribution < 1.29 is 4.79 Å². The van der Waals surface area contributed by atoms with Crippen molar-refractivity contribution in [2.75, 3.05) is 5.32 Å². The molecule has 0 bridgehead atoms. The van der Waals surface area contributed by atoms with E-state index in [1.165, 1.54) is 22.6 Å². The van der Waals surface area contributed by atoms with Crippen molar-refractivity contribution >= 4 is 34.5 Å². The van der Waals surface area contributed by atoms with E-state index in [0.29, 0.717) is 15.8 Å². The third kappa shape index (κ3) is 3.73.